The van der Waals surface area contributed by atoms with Gasteiger partial charge >= 0.3 is 5.97 Å². The first kappa shape index (κ1) is 27.7. The summed E-state index contributed by atoms with van der Waals surface area (Å²) in [5, 5.41) is 21.5. The Balaban J connectivity index is 2.91. The van der Waals surface area contributed by atoms with Crippen LogP contribution in [0.1, 0.15) is 61.3 Å². The molecule has 2 N–H and O–H groups in total. The molecule has 6 atom stereocenters. The molecule has 1 aliphatic heterocycles. The molecule has 1 aliphatic rings. The maximum atomic E-state index is 12.5. The lowest BCUT2D eigenvalue weighted by molar-refractivity contribution is -0.150. The molecule has 32 heavy (non-hydrogen) atoms. The van der Waals surface area contributed by atoms with Gasteiger partial charge in [0.25, 0.3) is 0 Å². The maximum absolute atomic E-state index is 12.5. The van der Waals surface area contributed by atoms with E-state index in [0.717, 1.165) is 5.57 Å². The number of hydrogen-bond acceptors (Lipinski definition) is 6. The number of carbonyl (C=O) groups excluding carboxylic acids is 3. The summed E-state index contributed by atoms with van der Waals surface area (Å²) in [6.45, 7) is 12.0. The largest absolute Gasteiger partial charge is 0.457 e. The van der Waals surface area contributed by atoms with Gasteiger partial charge in [-0.1, -0.05) is 57.2 Å². The van der Waals surface area contributed by atoms with Crippen molar-refractivity contribution in [3.8, 4) is 0 Å². The zero-order chi connectivity index (χ0) is 24.6. The van der Waals surface area contributed by atoms with Gasteiger partial charge < -0.3 is 14.9 Å². The SMILES string of the molecule is CCC(=O)CC(C)/C=C/C=C(\C)[C@H]1OC(=O)[C@@H]([C@H](O)[C@](C)(O)/C=C/C=C(\C)C(C)=O)[C@@H]1C. The Morgan fingerprint density at radius 3 is 2.38 bits per heavy atom. The van der Waals surface area contributed by atoms with Crippen LogP contribution in [0.15, 0.2) is 47.6 Å². The fraction of sp³-hybridized carbons (Fsp3) is 0.577. The fourth-order valence-electron chi connectivity index (χ4n) is 3.67. The third-order valence-electron chi connectivity index (χ3n) is 6.02. The predicted octanol–water partition coefficient (Wildman–Crippen LogP) is 3.88. The van der Waals surface area contributed by atoms with Crippen molar-refractivity contribution in [2.24, 2.45) is 17.8 Å². The van der Waals surface area contributed by atoms with Gasteiger partial charge in [-0.25, -0.2) is 0 Å². The lowest BCUT2D eigenvalue weighted by atomic mass is 9.79. The highest BCUT2D eigenvalue weighted by molar-refractivity contribution is 5.92. The Labute approximate surface area is 191 Å². The summed E-state index contributed by atoms with van der Waals surface area (Å²) in [5.74, 6) is -1.56. The van der Waals surface area contributed by atoms with Crippen LogP contribution >= 0.6 is 0 Å². The second kappa shape index (κ2) is 12.1. The molecule has 6 heteroatoms. The number of hydrogen-bond donors (Lipinski definition) is 2. The molecule has 0 aromatic carbocycles. The molecule has 1 rings (SSSR count). The number of rotatable bonds is 11. The summed E-state index contributed by atoms with van der Waals surface area (Å²) in [5.41, 5.74) is -0.345. The molecule has 1 heterocycles. The van der Waals surface area contributed by atoms with Crippen LogP contribution in [0.4, 0.5) is 0 Å². The molecule has 0 spiro atoms. The van der Waals surface area contributed by atoms with E-state index in [9.17, 15) is 24.6 Å². The van der Waals surface area contributed by atoms with E-state index in [4.69, 9.17) is 4.74 Å². The first-order valence-corrected chi connectivity index (χ1v) is 11.2. The highest BCUT2D eigenvalue weighted by atomic mass is 16.6. The lowest BCUT2D eigenvalue weighted by Crippen LogP contribution is -2.46. The van der Waals surface area contributed by atoms with Gasteiger partial charge in [-0.3, -0.25) is 14.4 Å². The molecule has 0 aromatic heterocycles. The van der Waals surface area contributed by atoms with E-state index < -0.39 is 29.7 Å². The number of esters is 1. The number of ether oxygens (including phenoxy) is 1. The van der Waals surface area contributed by atoms with Crippen molar-refractivity contribution >= 4 is 17.5 Å². The molecule has 1 unspecified atom stereocenters. The van der Waals surface area contributed by atoms with Crippen molar-refractivity contribution < 1.29 is 29.3 Å². The first-order chi connectivity index (χ1) is 14.8. The molecule has 0 radical (unpaired) electrons. The van der Waals surface area contributed by atoms with Gasteiger partial charge in [0.15, 0.2) is 5.78 Å². The molecule has 0 bridgehead atoms. The molecule has 1 saturated heterocycles. The van der Waals surface area contributed by atoms with Gasteiger partial charge in [0.2, 0.25) is 0 Å². The number of Topliss-reactive ketones (excluding diaryl/α,β-unsaturated/α-hetero) is 2. The highest BCUT2D eigenvalue weighted by Gasteiger charge is 2.50. The summed E-state index contributed by atoms with van der Waals surface area (Å²) in [7, 11) is 0. The van der Waals surface area contributed by atoms with E-state index in [2.05, 4.69) is 0 Å². The van der Waals surface area contributed by atoms with Crippen molar-refractivity contribution in [2.75, 3.05) is 0 Å². The number of carbonyl (C=O) groups is 3. The fourth-order valence-corrected chi connectivity index (χ4v) is 3.67. The van der Waals surface area contributed by atoms with Crippen LogP contribution in [0.5, 0.6) is 0 Å². The Hall–Kier alpha value is -2.31. The monoisotopic (exact) mass is 446 g/mol. The Morgan fingerprint density at radius 1 is 1.19 bits per heavy atom. The molecular formula is C26H38O6. The average molecular weight is 447 g/mol. The van der Waals surface area contributed by atoms with Gasteiger partial charge in [0, 0.05) is 18.8 Å². The van der Waals surface area contributed by atoms with E-state index in [-0.39, 0.29) is 23.4 Å². The van der Waals surface area contributed by atoms with Gasteiger partial charge in [0.1, 0.15) is 17.5 Å². The number of aliphatic hydroxyl groups is 2. The smallest absolute Gasteiger partial charge is 0.312 e. The third-order valence-corrected chi connectivity index (χ3v) is 6.02. The van der Waals surface area contributed by atoms with Crippen LogP contribution in [0, 0.1) is 17.8 Å². The van der Waals surface area contributed by atoms with E-state index in [1.807, 2.05) is 45.9 Å². The third kappa shape index (κ3) is 7.68. The maximum Gasteiger partial charge on any atom is 0.312 e. The number of aliphatic hydroxyl groups excluding tert-OH is 1. The minimum Gasteiger partial charge on any atom is -0.457 e. The van der Waals surface area contributed by atoms with E-state index in [1.54, 1.807) is 13.0 Å². The lowest BCUT2D eigenvalue weighted by Gasteiger charge is -2.30. The van der Waals surface area contributed by atoms with Crippen molar-refractivity contribution in [1.29, 1.82) is 0 Å². The standard InChI is InChI=1S/C26H38O6/c1-8-21(28)15-16(2)11-9-12-18(4)23-19(5)22(25(30)32-23)24(29)26(7,31)14-10-13-17(3)20(6)27/h9-14,16,19,22-24,29,31H,8,15H2,1-7H3/b11-9+,14-10+,17-13+,18-12+/t16?,19-,22+,23+,24-,26+/m0/s1. The number of cyclic esters (lactones) is 1. The van der Waals surface area contributed by atoms with Crippen LogP contribution in [0.25, 0.3) is 0 Å². The molecule has 178 valence electrons. The molecule has 0 saturated carbocycles. The van der Waals surface area contributed by atoms with Crippen LogP contribution in [-0.2, 0) is 19.1 Å². The molecule has 1 fully saturated rings. The van der Waals surface area contributed by atoms with Crippen molar-refractivity contribution in [3.63, 3.8) is 0 Å². The van der Waals surface area contributed by atoms with Gasteiger partial charge in [-0.05, 0) is 44.8 Å². The molecule has 0 amide bonds. The molecule has 6 nitrogen and oxygen atoms in total. The Kier molecular flexibility index (Phi) is 10.5. The second-order valence-electron chi connectivity index (χ2n) is 9.05. The van der Waals surface area contributed by atoms with Crippen LogP contribution in [0.2, 0.25) is 0 Å². The van der Waals surface area contributed by atoms with Crippen LogP contribution in [0.3, 0.4) is 0 Å². The summed E-state index contributed by atoms with van der Waals surface area (Å²) in [6, 6.07) is 0. The van der Waals surface area contributed by atoms with Gasteiger partial charge in [-0.2, -0.15) is 0 Å². The van der Waals surface area contributed by atoms with E-state index >= 15 is 0 Å². The Morgan fingerprint density at radius 2 is 1.81 bits per heavy atom. The summed E-state index contributed by atoms with van der Waals surface area (Å²) >= 11 is 0. The predicted molar refractivity (Wildman–Crippen MR) is 125 cm³/mol. The number of ketones is 2. The minimum atomic E-state index is -1.68. The second-order valence-corrected chi connectivity index (χ2v) is 9.05. The minimum absolute atomic E-state index is 0.0895. The van der Waals surface area contributed by atoms with Crippen LogP contribution < -0.4 is 0 Å². The summed E-state index contributed by atoms with van der Waals surface area (Å²) in [6.07, 6.45) is 9.21. The quantitative estimate of drug-likeness (QED) is 0.284. The normalized spacial score (nSPS) is 26.3. The molecular weight excluding hydrogens is 408 g/mol. The van der Waals surface area contributed by atoms with Crippen molar-refractivity contribution in [2.45, 2.75) is 79.1 Å². The number of allylic oxidation sites excluding steroid dienone is 6. The molecule has 0 aliphatic carbocycles. The summed E-state index contributed by atoms with van der Waals surface area (Å²) in [4.78, 5) is 35.4. The Bertz CT molecular complexity index is 814. The zero-order valence-corrected chi connectivity index (χ0v) is 20.3. The summed E-state index contributed by atoms with van der Waals surface area (Å²) < 4.78 is 5.53. The topological polar surface area (TPSA) is 101 Å². The van der Waals surface area contributed by atoms with Crippen molar-refractivity contribution in [3.05, 3.63) is 47.6 Å². The first-order valence-electron chi connectivity index (χ1n) is 11.2. The van der Waals surface area contributed by atoms with E-state index in [1.165, 1.54) is 26.0 Å². The highest BCUT2D eigenvalue weighted by Crippen LogP contribution is 2.37. The van der Waals surface area contributed by atoms with E-state index in [0.29, 0.717) is 18.4 Å². The van der Waals surface area contributed by atoms with Gasteiger partial charge in [0.05, 0.1) is 12.0 Å². The molecule has 0 aromatic rings. The van der Waals surface area contributed by atoms with Gasteiger partial charge in [-0.15, -0.1) is 0 Å². The van der Waals surface area contributed by atoms with Crippen LogP contribution in [-0.4, -0.2) is 45.6 Å². The van der Waals surface area contributed by atoms with Crippen molar-refractivity contribution in [1.82, 2.24) is 0 Å². The zero-order valence-electron chi connectivity index (χ0n) is 20.3. The average Bonchev–Trinajstić information content (AvgIpc) is 3.00.